The fourth-order valence-electron chi connectivity index (χ4n) is 1.94. The van der Waals surface area contributed by atoms with Gasteiger partial charge >= 0.3 is 0 Å². The van der Waals surface area contributed by atoms with E-state index in [0.29, 0.717) is 5.92 Å². The second-order valence-corrected chi connectivity index (χ2v) is 3.81. The highest BCUT2D eigenvalue weighted by Gasteiger charge is 2.31. The molecule has 0 unspecified atom stereocenters. The van der Waals surface area contributed by atoms with Gasteiger partial charge in [0.2, 0.25) is 0 Å². The van der Waals surface area contributed by atoms with Crippen molar-refractivity contribution in [1.82, 2.24) is 0 Å². The molecule has 0 bridgehead atoms. The van der Waals surface area contributed by atoms with E-state index in [1.807, 2.05) is 0 Å². The standard InChI is InChI=1S/C8H15N3O/c1-7-3-2-4-8(12,5-7)6-10-11-9/h7,12H,2-6H2,1H3/t7-,8-/m1/s1. The largest absolute Gasteiger partial charge is 0.390 e. The molecular formula is C8H15N3O. The molecule has 0 radical (unpaired) electrons. The van der Waals surface area contributed by atoms with Crippen LogP contribution in [0.2, 0.25) is 0 Å². The van der Waals surface area contributed by atoms with Crippen molar-refractivity contribution in [2.45, 2.75) is 38.2 Å². The monoisotopic (exact) mass is 169 g/mol. The molecule has 0 saturated heterocycles. The van der Waals surface area contributed by atoms with Crippen molar-refractivity contribution in [2.24, 2.45) is 11.0 Å². The molecule has 1 saturated carbocycles. The maximum atomic E-state index is 9.91. The van der Waals surface area contributed by atoms with Crippen LogP contribution in [0.15, 0.2) is 5.11 Å². The Labute approximate surface area is 72.2 Å². The quantitative estimate of drug-likeness (QED) is 0.384. The van der Waals surface area contributed by atoms with Crippen LogP contribution in [0.5, 0.6) is 0 Å². The Morgan fingerprint density at radius 1 is 1.75 bits per heavy atom. The van der Waals surface area contributed by atoms with Crippen LogP contribution in [-0.4, -0.2) is 17.3 Å². The first kappa shape index (κ1) is 9.36. The molecule has 12 heavy (non-hydrogen) atoms. The molecule has 1 aliphatic rings. The van der Waals surface area contributed by atoms with Gasteiger partial charge in [0.1, 0.15) is 0 Å². The van der Waals surface area contributed by atoms with Gasteiger partial charge in [-0.2, -0.15) is 0 Å². The summed E-state index contributed by atoms with van der Waals surface area (Å²) in [5, 5.41) is 13.3. The molecule has 0 aromatic carbocycles. The van der Waals surface area contributed by atoms with E-state index in [2.05, 4.69) is 16.9 Å². The normalized spacial score (nSPS) is 35.7. The zero-order valence-corrected chi connectivity index (χ0v) is 7.40. The van der Waals surface area contributed by atoms with Crippen LogP contribution in [0.1, 0.15) is 32.6 Å². The van der Waals surface area contributed by atoms with Gasteiger partial charge in [-0.25, -0.2) is 0 Å². The Kier molecular flexibility index (Phi) is 2.95. The van der Waals surface area contributed by atoms with E-state index in [0.717, 1.165) is 19.3 Å². The molecule has 1 aliphatic carbocycles. The zero-order valence-electron chi connectivity index (χ0n) is 7.40. The number of aliphatic hydroxyl groups is 1. The van der Waals surface area contributed by atoms with Crippen LogP contribution < -0.4 is 0 Å². The number of hydrogen-bond donors (Lipinski definition) is 1. The summed E-state index contributed by atoms with van der Waals surface area (Å²) in [4.78, 5) is 2.67. The number of rotatable bonds is 2. The van der Waals surface area contributed by atoms with Crippen molar-refractivity contribution in [3.63, 3.8) is 0 Å². The molecule has 68 valence electrons. The second-order valence-electron chi connectivity index (χ2n) is 3.81. The highest BCUT2D eigenvalue weighted by molar-refractivity contribution is 4.86. The lowest BCUT2D eigenvalue weighted by Gasteiger charge is -2.34. The van der Waals surface area contributed by atoms with Gasteiger partial charge in [0, 0.05) is 4.91 Å². The minimum Gasteiger partial charge on any atom is -0.390 e. The van der Waals surface area contributed by atoms with Crippen LogP contribution in [0.25, 0.3) is 10.4 Å². The highest BCUT2D eigenvalue weighted by Crippen LogP contribution is 2.32. The molecule has 2 atom stereocenters. The average molecular weight is 169 g/mol. The molecule has 0 heterocycles. The fraction of sp³-hybridized carbons (Fsp3) is 1.00. The van der Waals surface area contributed by atoms with Crippen molar-refractivity contribution in [3.8, 4) is 0 Å². The van der Waals surface area contributed by atoms with Crippen molar-refractivity contribution >= 4 is 0 Å². The Morgan fingerprint density at radius 2 is 2.50 bits per heavy atom. The van der Waals surface area contributed by atoms with E-state index >= 15 is 0 Å². The topological polar surface area (TPSA) is 69.0 Å². The van der Waals surface area contributed by atoms with Gasteiger partial charge < -0.3 is 5.11 Å². The first-order valence-electron chi connectivity index (χ1n) is 4.39. The molecular weight excluding hydrogens is 154 g/mol. The lowest BCUT2D eigenvalue weighted by Crippen LogP contribution is -2.37. The third-order valence-electron chi connectivity index (χ3n) is 2.50. The third-order valence-corrected chi connectivity index (χ3v) is 2.50. The number of hydrogen-bond acceptors (Lipinski definition) is 2. The molecule has 0 aliphatic heterocycles. The molecule has 0 aromatic heterocycles. The molecule has 1 N–H and O–H groups in total. The predicted molar refractivity (Wildman–Crippen MR) is 46.6 cm³/mol. The lowest BCUT2D eigenvalue weighted by molar-refractivity contribution is -0.00433. The Morgan fingerprint density at radius 3 is 3.08 bits per heavy atom. The van der Waals surface area contributed by atoms with E-state index in [9.17, 15) is 5.11 Å². The van der Waals surface area contributed by atoms with Gasteiger partial charge in [0.25, 0.3) is 0 Å². The molecule has 0 spiro atoms. The van der Waals surface area contributed by atoms with Gasteiger partial charge in [-0.15, -0.1) is 0 Å². The lowest BCUT2D eigenvalue weighted by atomic mass is 9.79. The van der Waals surface area contributed by atoms with Gasteiger partial charge in [-0.1, -0.05) is 24.9 Å². The van der Waals surface area contributed by atoms with E-state index < -0.39 is 5.60 Å². The van der Waals surface area contributed by atoms with E-state index in [1.54, 1.807) is 0 Å². The maximum absolute atomic E-state index is 9.91. The van der Waals surface area contributed by atoms with Gasteiger partial charge in [-0.05, 0) is 24.3 Å². The minimum atomic E-state index is -0.718. The zero-order chi connectivity index (χ0) is 9.03. The number of nitrogens with zero attached hydrogens (tertiary/aromatic N) is 3. The summed E-state index contributed by atoms with van der Waals surface area (Å²) in [5.74, 6) is 0.553. The Hall–Kier alpha value is -0.730. The van der Waals surface area contributed by atoms with Crippen LogP contribution >= 0.6 is 0 Å². The highest BCUT2D eigenvalue weighted by atomic mass is 16.3. The molecule has 1 fully saturated rings. The van der Waals surface area contributed by atoms with Crippen LogP contribution in [0, 0.1) is 5.92 Å². The van der Waals surface area contributed by atoms with Crippen molar-refractivity contribution in [1.29, 1.82) is 0 Å². The second kappa shape index (κ2) is 3.78. The Bertz CT molecular complexity index is 200. The van der Waals surface area contributed by atoms with Crippen molar-refractivity contribution < 1.29 is 5.11 Å². The average Bonchev–Trinajstić information content (AvgIpc) is 2.01. The molecule has 4 heteroatoms. The Balaban J connectivity index is 2.50. The summed E-state index contributed by atoms with van der Waals surface area (Å²) >= 11 is 0. The molecule has 0 aromatic rings. The van der Waals surface area contributed by atoms with E-state index in [-0.39, 0.29) is 6.54 Å². The summed E-state index contributed by atoms with van der Waals surface area (Å²) in [5.41, 5.74) is 7.41. The summed E-state index contributed by atoms with van der Waals surface area (Å²) in [6.07, 6.45) is 3.76. The van der Waals surface area contributed by atoms with Crippen molar-refractivity contribution in [3.05, 3.63) is 10.4 Å². The van der Waals surface area contributed by atoms with Crippen molar-refractivity contribution in [2.75, 3.05) is 6.54 Å². The SMILES string of the molecule is C[C@@H]1CCC[C@](O)(CN=[N+]=[N-])C1. The van der Waals surface area contributed by atoms with Crippen LogP contribution in [0.4, 0.5) is 0 Å². The molecule has 4 nitrogen and oxygen atoms in total. The number of azide groups is 1. The fourth-order valence-corrected chi connectivity index (χ4v) is 1.94. The van der Waals surface area contributed by atoms with Gasteiger partial charge in [0.15, 0.2) is 0 Å². The summed E-state index contributed by atoms with van der Waals surface area (Å²) < 4.78 is 0. The minimum absolute atomic E-state index is 0.230. The van der Waals surface area contributed by atoms with Crippen LogP contribution in [0.3, 0.4) is 0 Å². The predicted octanol–water partition coefficient (Wildman–Crippen LogP) is 2.24. The van der Waals surface area contributed by atoms with Gasteiger partial charge in [-0.3, -0.25) is 0 Å². The third kappa shape index (κ3) is 2.40. The van der Waals surface area contributed by atoms with E-state index in [4.69, 9.17) is 5.53 Å². The summed E-state index contributed by atoms with van der Waals surface area (Å²) in [7, 11) is 0. The first-order valence-corrected chi connectivity index (χ1v) is 4.39. The summed E-state index contributed by atoms with van der Waals surface area (Å²) in [6.45, 7) is 2.36. The maximum Gasteiger partial charge on any atom is 0.0706 e. The van der Waals surface area contributed by atoms with E-state index in [1.165, 1.54) is 6.42 Å². The first-order chi connectivity index (χ1) is 5.66. The summed E-state index contributed by atoms with van der Waals surface area (Å²) in [6, 6.07) is 0. The molecule has 0 amide bonds. The van der Waals surface area contributed by atoms with Gasteiger partial charge in [0.05, 0.1) is 12.1 Å². The molecule has 1 rings (SSSR count). The van der Waals surface area contributed by atoms with Crippen LogP contribution in [-0.2, 0) is 0 Å². The smallest absolute Gasteiger partial charge is 0.0706 e.